The summed E-state index contributed by atoms with van der Waals surface area (Å²) >= 11 is 4.99. The lowest BCUT2D eigenvalue weighted by molar-refractivity contribution is 0.0593. The number of esters is 1. The molecule has 0 atom stereocenters. The first-order chi connectivity index (χ1) is 6.54. The van der Waals surface area contributed by atoms with Crippen molar-refractivity contribution in [2.75, 3.05) is 7.11 Å². The highest BCUT2D eigenvalue weighted by atomic mass is 35.5. The highest BCUT2D eigenvalue weighted by Crippen LogP contribution is 2.13. The fraction of sp³-hybridized carbons (Fsp3) is 0.286. The molecule has 0 bridgehead atoms. The molecule has 1 aromatic heterocycles. The van der Waals surface area contributed by atoms with E-state index in [9.17, 15) is 9.59 Å². The molecule has 0 aromatic carbocycles. The van der Waals surface area contributed by atoms with E-state index in [1.807, 2.05) is 0 Å². The van der Waals surface area contributed by atoms with E-state index in [0.717, 1.165) is 0 Å². The molecule has 0 saturated carbocycles. The summed E-state index contributed by atoms with van der Waals surface area (Å²) in [5, 5.41) is 3.74. The fourth-order valence-corrected chi connectivity index (χ4v) is 0.911. The molecule has 0 radical (unpaired) electrons. The standard InChI is InChI=1S/C7H7ClN2O4/c1-10-5(14-7(8)12)3-4(9-10)6(11)13-2/h3H,1-2H3. The molecule has 0 aliphatic heterocycles. The van der Waals surface area contributed by atoms with E-state index in [4.69, 9.17) is 11.6 Å². The molecular weight excluding hydrogens is 212 g/mol. The molecule has 0 spiro atoms. The maximum Gasteiger partial charge on any atom is 0.410 e. The van der Waals surface area contributed by atoms with Crippen molar-refractivity contribution >= 4 is 23.0 Å². The number of nitrogens with zero attached hydrogens (tertiary/aromatic N) is 2. The Balaban J connectivity index is 2.93. The van der Waals surface area contributed by atoms with Crippen LogP contribution in [0.4, 0.5) is 4.79 Å². The maximum atomic E-state index is 11.0. The van der Waals surface area contributed by atoms with Crippen molar-refractivity contribution in [1.82, 2.24) is 9.78 Å². The summed E-state index contributed by atoms with van der Waals surface area (Å²) in [6, 6.07) is 1.26. The van der Waals surface area contributed by atoms with Crippen LogP contribution >= 0.6 is 11.6 Å². The molecule has 0 fully saturated rings. The van der Waals surface area contributed by atoms with Gasteiger partial charge in [0.05, 0.1) is 7.11 Å². The van der Waals surface area contributed by atoms with Gasteiger partial charge in [0.15, 0.2) is 5.69 Å². The van der Waals surface area contributed by atoms with Crippen LogP contribution in [0.5, 0.6) is 5.88 Å². The highest BCUT2D eigenvalue weighted by Gasteiger charge is 2.15. The van der Waals surface area contributed by atoms with Crippen LogP contribution in [0, 0.1) is 0 Å². The van der Waals surface area contributed by atoms with Gasteiger partial charge in [0.1, 0.15) is 0 Å². The van der Waals surface area contributed by atoms with Gasteiger partial charge in [-0.05, 0) is 0 Å². The zero-order valence-electron chi connectivity index (χ0n) is 7.48. The second-order valence-corrected chi connectivity index (χ2v) is 2.63. The van der Waals surface area contributed by atoms with E-state index < -0.39 is 11.4 Å². The smallest absolute Gasteiger partial charge is 0.410 e. The van der Waals surface area contributed by atoms with Gasteiger partial charge in [0, 0.05) is 24.7 Å². The third-order valence-electron chi connectivity index (χ3n) is 1.42. The van der Waals surface area contributed by atoms with E-state index in [1.54, 1.807) is 0 Å². The molecule has 1 heterocycles. The number of carbonyl (C=O) groups excluding carboxylic acids is 2. The Labute approximate surface area is 84.4 Å². The molecule has 0 aliphatic carbocycles. The van der Waals surface area contributed by atoms with Gasteiger partial charge in [-0.25, -0.2) is 14.3 Å². The van der Waals surface area contributed by atoms with Crippen LogP contribution in [0.2, 0.25) is 0 Å². The van der Waals surface area contributed by atoms with Crippen LogP contribution in [0.25, 0.3) is 0 Å². The second-order valence-electron chi connectivity index (χ2n) is 2.32. The van der Waals surface area contributed by atoms with Crippen LogP contribution < -0.4 is 4.74 Å². The Morgan fingerprint density at radius 3 is 2.71 bits per heavy atom. The lowest BCUT2D eigenvalue weighted by atomic mass is 10.4. The van der Waals surface area contributed by atoms with E-state index in [1.165, 1.54) is 24.9 Å². The zero-order valence-corrected chi connectivity index (χ0v) is 8.24. The van der Waals surface area contributed by atoms with E-state index in [2.05, 4.69) is 14.6 Å². The number of rotatable bonds is 2. The molecule has 0 unspecified atom stereocenters. The first kappa shape index (κ1) is 10.5. The summed E-state index contributed by atoms with van der Waals surface area (Å²) in [6.07, 6.45) is 0. The van der Waals surface area contributed by atoms with Crippen molar-refractivity contribution < 1.29 is 19.1 Å². The third kappa shape index (κ3) is 2.23. The lowest BCUT2D eigenvalue weighted by Crippen LogP contribution is -2.03. The summed E-state index contributed by atoms with van der Waals surface area (Å²) in [6.45, 7) is 0. The molecule has 0 amide bonds. The average molecular weight is 219 g/mol. The molecule has 76 valence electrons. The molecule has 0 aliphatic rings. The quantitative estimate of drug-likeness (QED) is 0.546. The summed E-state index contributed by atoms with van der Waals surface area (Å²) in [5.41, 5.74) is -0.952. The number of halogens is 1. The first-order valence-corrected chi connectivity index (χ1v) is 3.92. The Morgan fingerprint density at radius 1 is 1.57 bits per heavy atom. The number of aryl methyl sites for hydroxylation is 1. The Bertz CT molecular complexity index is 374. The van der Waals surface area contributed by atoms with Gasteiger partial charge in [-0.15, -0.1) is 0 Å². The minimum absolute atomic E-state index is 0.0444. The molecular formula is C7H7ClN2O4. The third-order valence-corrected chi connectivity index (χ3v) is 1.49. The number of hydrogen-bond acceptors (Lipinski definition) is 5. The minimum atomic E-state index is -0.996. The Hall–Kier alpha value is -1.56. The van der Waals surface area contributed by atoms with E-state index in [-0.39, 0.29) is 11.6 Å². The molecule has 1 aromatic rings. The normalized spacial score (nSPS) is 9.64. The molecule has 0 saturated heterocycles. The minimum Gasteiger partial charge on any atom is -0.464 e. The van der Waals surface area contributed by atoms with Gasteiger partial charge in [0.25, 0.3) is 0 Å². The van der Waals surface area contributed by atoms with E-state index >= 15 is 0 Å². The van der Waals surface area contributed by atoms with Crippen molar-refractivity contribution in [3.8, 4) is 5.88 Å². The topological polar surface area (TPSA) is 70.4 Å². The van der Waals surface area contributed by atoms with Gasteiger partial charge in [-0.3, -0.25) is 0 Å². The number of methoxy groups -OCH3 is 1. The fourth-order valence-electron chi connectivity index (χ4n) is 0.832. The van der Waals surface area contributed by atoms with Gasteiger partial charge in [-0.1, -0.05) is 0 Å². The summed E-state index contributed by atoms with van der Waals surface area (Å²) < 4.78 is 10.2. The average Bonchev–Trinajstić information content (AvgIpc) is 2.46. The molecule has 1 rings (SSSR count). The van der Waals surface area contributed by atoms with E-state index in [0.29, 0.717) is 0 Å². The van der Waals surface area contributed by atoms with Gasteiger partial charge < -0.3 is 9.47 Å². The monoisotopic (exact) mass is 218 g/mol. The van der Waals surface area contributed by atoms with Crippen LogP contribution in [-0.2, 0) is 11.8 Å². The maximum absolute atomic E-state index is 11.0. The number of ether oxygens (including phenoxy) is 2. The van der Waals surface area contributed by atoms with Crippen molar-refractivity contribution in [3.05, 3.63) is 11.8 Å². The number of carbonyl (C=O) groups is 2. The number of aromatic nitrogens is 2. The molecule has 6 nitrogen and oxygen atoms in total. The van der Waals surface area contributed by atoms with Crippen LogP contribution in [0.15, 0.2) is 6.07 Å². The largest absolute Gasteiger partial charge is 0.464 e. The SMILES string of the molecule is COC(=O)c1cc(OC(=O)Cl)n(C)n1. The summed E-state index contributed by atoms with van der Waals surface area (Å²) in [5.74, 6) is -0.539. The Morgan fingerprint density at radius 2 is 2.21 bits per heavy atom. The zero-order chi connectivity index (χ0) is 10.7. The van der Waals surface area contributed by atoms with Crippen molar-refractivity contribution in [2.24, 2.45) is 7.05 Å². The Kier molecular flexibility index (Phi) is 3.08. The van der Waals surface area contributed by atoms with Gasteiger partial charge in [-0.2, -0.15) is 5.10 Å². The molecule has 14 heavy (non-hydrogen) atoms. The predicted molar refractivity (Wildman–Crippen MR) is 46.4 cm³/mol. The highest BCUT2D eigenvalue weighted by molar-refractivity contribution is 6.61. The van der Waals surface area contributed by atoms with Crippen molar-refractivity contribution in [1.29, 1.82) is 0 Å². The van der Waals surface area contributed by atoms with Crippen LogP contribution in [0.1, 0.15) is 10.5 Å². The van der Waals surface area contributed by atoms with Crippen molar-refractivity contribution in [3.63, 3.8) is 0 Å². The second kappa shape index (κ2) is 4.10. The van der Waals surface area contributed by atoms with Crippen LogP contribution in [0.3, 0.4) is 0 Å². The van der Waals surface area contributed by atoms with Gasteiger partial charge in [0.2, 0.25) is 5.88 Å². The lowest BCUT2D eigenvalue weighted by Gasteiger charge is -1.96. The number of hydrogen-bond donors (Lipinski definition) is 0. The molecule has 7 heteroatoms. The predicted octanol–water partition coefficient (Wildman–Crippen LogP) is 0.944. The molecule has 0 N–H and O–H groups in total. The summed E-state index contributed by atoms with van der Waals surface area (Å²) in [7, 11) is 2.73. The van der Waals surface area contributed by atoms with Crippen molar-refractivity contribution in [2.45, 2.75) is 0 Å². The first-order valence-electron chi connectivity index (χ1n) is 3.54. The van der Waals surface area contributed by atoms with Crippen LogP contribution in [-0.4, -0.2) is 28.3 Å². The van der Waals surface area contributed by atoms with Gasteiger partial charge >= 0.3 is 11.4 Å². The summed E-state index contributed by atoms with van der Waals surface area (Å²) in [4.78, 5) is 21.4.